The normalized spacial score (nSPS) is 10.3. The fourth-order valence-electron chi connectivity index (χ4n) is 2.56. The highest BCUT2D eigenvalue weighted by atomic mass is 16.5. The maximum absolute atomic E-state index is 12.1. The van der Waals surface area contributed by atoms with Gasteiger partial charge in [0, 0.05) is 12.1 Å². The Kier molecular flexibility index (Phi) is 6.67. The van der Waals surface area contributed by atoms with Gasteiger partial charge in [-0.05, 0) is 48.2 Å². The van der Waals surface area contributed by atoms with Crippen LogP contribution in [0.4, 0.5) is 5.69 Å². The van der Waals surface area contributed by atoms with Crippen LogP contribution in [0.25, 0.3) is 0 Å². The van der Waals surface area contributed by atoms with E-state index in [1.54, 1.807) is 14.2 Å². The van der Waals surface area contributed by atoms with E-state index in [0.717, 1.165) is 24.1 Å². The second-order valence-electron chi connectivity index (χ2n) is 5.68. The highest BCUT2D eigenvalue weighted by molar-refractivity contribution is 5.90. The molecule has 0 saturated heterocycles. The molecule has 0 fully saturated rings. The van der Waals surface area contributed by atoms with Gasteiger partial charge in [0.1, 0.15) is 0 Å². The van der Waals surface area contributed by atoms with Crippen LogP contribution in [-0.4, -0.2) is 20.1 Å². The minimum Gasteiger partial charge on any atom is -0.493 e. The van der Waals surface area contributed by atoms with Gasteiger partial charge in [-0.15, -0.1) is 0 Å². The topological polar surface area (TPSA) is 47.6 Å². The predicted molar refractivity (Wildman–Crippen MR) is 96.9 cm³/mol. The van der Waals surface area contributed by atoms with Crippen molar-refractivity contribution in [2.75, 3.05) is 19.5 Å². The Morgan fingerprint density at radius 2 is 1.58 bits per heavy atom. The molecule has 0 heterocycles. The number of benzene rings is 2. The molecular weight excluding hydrogens is 302 g/mol. The SMILES string of the molecule is CCCc1ccc(NC(=O)CCc2ccc(OC)c(OC)c2)cc1. The summed E-state index contributed by atoms with van der Waals surface area (Å²) in [6.07, 6.45) is 3.26. The standard InChI is InChI=1S/C20H25NO3/c1-4-5-15-6-10-17(11-7-15)21-20(22)13-9-16-8-12-18(23-2)19(14-16)24-3/h6-8,10-12,14H,4-5,9,13H2,1-3H3,(H,21,22). The fraction of sp³-hybridized carbons (Fsp3) is 0.350. The van der Waals surface area contributed by atoms with Gasteiger partial charge < -0.3 is 14.8 Å². The van der Waals surface area contributed by atoms with Gasteiger partial charge in [-0.1, -0.05) is 31.5 Å². The molecule has 0 bridgehead atoms. The van der Waals surface area contributed by atoms with Crippen LogP contribution < -0.4 is 14.8 Å². The molecule has 0 aliphatic rings. The van der Waals surface area contributed by atoms with Gasteiger partial charge in [0.2, 0.25) is 5.91 Å². The van der Waals surface area contributed by atoms with E-state index in [4.69, 9.17) is 9.47 Å². The summed E-state index contributed by atoms with van der Waals surface area (Å²) in [4.78, 5) is 12.1. The monoisotopic (exact) mass is 327 g/mol. The molecule has 0 radical (unpaired) electrons. The fourth-order valence-corrected chi connectivity index (χ4v) is 2.56. The number of aryl methyl sites for hydroxylation is 2. The summed E-state index contributed by atoms with van der Waals surface area (Å²) in [6.45, 7) is 2.16. The zero-order chi connectivity index (χ0) is 17.4. The Labute approximate surface area is 143 Å². The lowest BCUT2D eigenvalue weighted by Crippen LogP contribution is -2.12. The van der Waals surface area contributed by atoms with Crippen LogP contribution in [0.3, 0.4) is 0 Å². The number of hydrogen-bond donors (Lipinski definition) is 1. The van der Waals surface area contributed by atoms with E-state index in [1.807, 2.05) is 30.3 Å². The molecule has 4 nitrogen and oxygen atoms in total. The van der Waals surface area contributed by atoms with Crippen LogP contribution in [0.15, 0.2) is 42.5 Å². The molecule has 4 heteroatoms. The lowest BCUT2D eigenvalue weighted by molar-refractivity contribution is -0.116. The number of methoxy groups -OCH3 is 2. The Balaban J connectivity index is 1.88. The highest BCUT2D eigenvalue weighted by Crippen LogP contribution is 2.28. The van der Waals surface area contributed by atoms with Crippen molar-refractivity contribution >= 4 is 11.6 Å². The second-order valence-corrected chi connectivity index (χ2v) is 5.68. The summed E-state index contributed by atoms with van der Waals surface area (Å²) in [7, 11) is 3.22. The van der Waals surface area contributed by atoms with Crippen molar-refractivity contribution < 1.29 is 14.3 Å². The average Bonchev–Trinajstić information content (AvgIpc) is 2.61. The average molecular weight is 327 g/mol. The molecule has 0 aliphatic carbocycles. The first-order chi connectivity index (χ1) is 11.7. The molecule has 2 rings (SSSR count). The molecule has 1 N–H and O–H groups in total. The van der Waals surface area contributed by atoms with Crippen LogP contribution in [0, 0.1) is 0 Å². The molecular formula is C20H25NO3. The number of nitrogens with one attached hydrogen (secondary N) is 1. The lowest BCUT2D eigenvalue weighted by atomic mass is 10.1. The van der Waals surface area contributed by atoms with Crippen LogP contribution >= 0.6 is 0 Å². The zero-order valence-corrected chi connectivity index (χ0v) is 14.6. The van der Waals surface area contributed by atoms with E-state index in [0.29, 0.717) is 24.3 Å². The summed E-state index contributed by atoms with van der Waals surface area (Å²) >= 11 is 0. The van der Waals surface area contributed by atoms with Crippen LogP contribution in [-0.2, 0) is 17.6 Å². The van der Waals surface area contributed by atoms with Gasteiger partial charge in [-0.25, -0.2) is 0 Å². The first-order valence-corrected chi connectivity index (χ1v) is 8.26. The molecule has 0 unspecified atom stereocenters. The first-order valence-electron chi connectivity index (χ1n) is 8.26. The summed E-state index contributed by atoms with van der Waals surface area (Å²) in [5.41, 5.74) is 3.18. The maximum atomic E-state index is 12.1. The van der Waals surface area contributed by atoms with Crippen LogP contribution in [0.5, 0.6) is 11.5 Å². The van der Waals surface area contributed by atoms with Crippen molar-refractivity contribution in [2.24, 2.45) is 0 Å². The minimum absolute atomic E-state index is 0.00743. The van der Waals surface area contributed by atoms with Gasteiger partial charge in [-0.3, -0.25) is 4.79 Å². The van der Waals surface area contributed by atoms with E-state index in [2.05, 4.69) is 24.4 Å². The molecule has 0 aromatic heterocycles. The zero-order valence-electron chi connectivity index (χ0n) is 14.6. The number of ether oxygens (including phenoxy) is 2. The van der Waals surface area contributed by atoms with Crippen molar-refractivity contribution in [2.45, 2.75) is 32.6 Å². The number of carbonyl (C=O) groups excluding carboxylic acids is 1. The highest BCUT2D eigenvalue weighted by Gasteiger charge is 2.07. The third-order valence-electron chi connectivity index (χ3n) is 3.87. The molecule has 24 heavy (non-hydrogen) atoms. The Hall–Kier alpha value is -2.49. The molecule has 128 valence electrons. The third-order valence-corrected chi connectivity index (χ3v) is 3.87. The van der Waals surface area contributed by atoms with Gasteiger partial charge in [0.05, 0.1) is 14.2 Å². The molecule has 0 saturated carbocycles. The Bertz CT molecular complexity index is 665. The lowest BCUT2D eigenvalue weighted by Gasteiger charge is -2.10. The minimum atomic E-state index is 0.00743. The van der Waals surface area contributed by atoms with Gasteiger partial charge in [0.15, 0.2) is 11.5 Å². The number of anilines is 1. The summed E-state index contributed by atoms with van der Waals surface area (Å²) < 4.78 is 10.5. The summed E-state index contributed by atoms with van der Waals surface area (Å²) in [5, 5.41) is 2.94. The first kappa shape index (κ1) is 17.9. The van der Waals surface area contributed by atoms with Gasteiger partial charge in [0.25, 0.3) is 0 Å². The molecule has 2 aromatic carbocycles. The molecule has 1 amide bonds. The van der Waals surface area contributed by atoms with E-state index in [9.17, 15) is 4.79 Å². The Morgan fingerprint density at radius 1 is 0.917 bits per heavy atom. The van der Waals surface area contributed by atoms with E-state index in [1.165, 1.54) is 5.56 Å². The smallest absolute Gasteiger partial charge is 0.224 e. The largest absolute Gasteiger partial charge is 0.493 e. The van der Waals surface area contributed by atoms with Crippen LogP contribution in [0.1, 0.15) is 30.9 Å². The maximum Gasteiger partial charge on any atom is 0.224 e. The van der Waals surface area contributed by atoms with E-state index in [-0.39, 0.29) is 5.91 Å². The van der Waals surface area contributed by atoms with Crippen molar-refractivity contribution in [3.63, 3.8) is 0 Å². The number of carbonyl (C=O) groups is 1. The predicted octanol–water partition coefficient (Wildman–Crippen LogP) is 4.23. The van der Waals surface area contributed by atoms with E-state index >= 15 is 0 Å². The quantitative estimate of drug-likeness (QED) is 0.789. The number of amides is 1. The second kappa shape index (κ2) is 8.96. The molecule has 2 aromatic rings. The molecule has 0 atom stereocenters. The molecule has 0 spiro atoms. The summed E-state index contributed by atoms with van der Waals surface area (Å²) in [6, 6.07) is 13.8. The van der Waals surface area contributed by atoms with Crippen LogP contribution in [0.2, 0.25) is 0 Å². The van der Waals surface area contributed by atoms with Gasteiger partial charge >= 0.3 is 0 Å². The number of hydrogen-bond acceptors (Lipinski definition) is 3. The summed E-state index contributed by atoms with van der Waals surface area (Å²) in [5.74, 6) is 1.38. The van der Waals surface area contributed by atoms with E-state index < -0.39 is 0 Å². The Morgan fingerprint density at radius 3 is 2.21 bits per heavy atom. The van der Waals surface area contributed by atoms with Crippen molar-refractivity contribution in [3.05, 3.63) is 53.6 Å². The van der Waals surface area contributed by atoms with Crippen molar-refractivity contribution in [3.8, 4) is 11.5 Å². The number of rotatable bonds is 8. The van der Waals surface area contributed by atoms with Crippen molar-refractivity contribution in [1.82, 2.24) is 0 Å². The van der Waals surface area contributed by atoms with Gasteiger partial charge in [-0.2, -0.15) is 0 Å². The third kappa shape index (κ3) is 5.01. The molecule has 0 aliphatic heterocycles. The van der Waals surface area contributed by atoms with Crippen molar-refractivity contribution in [1.29, 1.82) is 0 Å².